The van der Waals surface area contributed by atoms with Crippen molar-refractivity contribution in [3.8, 4) is 11.5 Å². The van der Waals surface area contributed by atoms with Crippen LogP contribution in [0.15, 0.2) is 42.5 Å². The van der Waals surface area contributed by atoms with E-state index >= 15 is 0 Å². The summed E-state index contributed by atoms with van der Waals surface area (Å²) in [5.41, 5.74) is 1.97. The number of hydrogen-bond acceptors (Lipinski definition) is 6. The number of fused-ring (bicyclic) bond motifs is 1. The zero-order valence-corrected chi connectivity index (χ0v) is 21.3. The molecule has 9 heteroatoms. The molecule has 1 aliphatic heterocycles. The second-order valence-corrected chi connectivity index (χ2v) is 9.24. The second kappa shape index (κ2) is 11.3. The molecule has 1 aliphatic rings. The van der Waals surface area contributed by atoms with E-state index in [4.69, 9.17) is 9.47 Å². The number of nitrogens with zero attached hydrogens (tertiary/aromatic N) is 3. The summed E-state index contributed by atoms with van der Waals surface area (Å²) in [6, 6.07) is 12.0. The summed E-state index contributed by atoms with van der Waals surface area (Å²) in [7, 11) is 7.12. The van der Waals surface area contributed by atoms with E-state index in [1.807, 2.05) is 45.0 Å². The van der Waals surface area contributed by atoms with Crippen molar-refractivity contribution in [1.29, 1.82) is 0 Å². The first-order valence-corrected chi connectivity index (χ1v) is 11.7. The van der Waals surface area contributed by atoms with Gasteiger partial charge in [-0.15, -0.1) is 0 Å². The summed E-state index contributed by atoms with van der Waals surface area (Å²) in [4.78, 5) is 31.5. The molecule has 0 aromatic heterocycles. The van der Waals surface area contributed by atoms with Gasteiger partial charge in [0.15, 0.2) is 0 Å². The van der Waals surface area contributed by atoms with Gasteiger partial charge in [-0.1, -0.05) is 6.92 Å². The lowest BCUT2D eigenvalue weighted by Gasteiger charge is -2.38. The molecule has 3 atom stereocenters. The molecule has 3 amide bonds. The van der Waals surface area contributed by atoms with Gasteiger partial charge in [0.25, 0.3) is 5.91 Å². The Bertz CT molecular complexity index is 1030. The predicted molar refractivity (Wildman–Crippen MR) is 137 cm³/mol. The number of nitrogens with one attached hydrogen (secondary N) is 1. The van der Waals surface area contributed by atoms with E-state index in [2.05, 4.69) is 5.32 Å². The van der Waals surface area contributed by atoms with Crippen molar-refractivity contribution in [3.05, 3.63) is 48.0 Å². The molecule has 0 saturated carbocycles. The predicted octanol–water partition coefficient (Wildman–Crippen LogP) is 3.15. The molecule has 1 heterocycles. The second-order valence-electron chi connectivity index (χ2n) is 9.24. The van der Waals surface area contributed by atoms with Crippen LogP contribution in [-0.2, 0) is 0 Å². The molecule has 0 unspecified atom stereocenters. The minimum Gasteiger partial charge on any atom is -0.497 e. The van der Waals surface area contributed by atoms with Crippen molar-refractivity contribution >= 4 is 23.3 Å². The molecule has 2 aromatic rings. The van der Waals surface area contributed by atoms with Gasteiger partial charge in [0.1, 0.15) is 17.6 Å². The minimum absolute atomic E-state index is 0.0918. The highest BCUT2D eigenvalue weighted by Crippen LogP contribution is 2.31. The SMILES string of the molecule is COc1ccc(NC(=O)N(C)C[C@@H]2Oc3ccc(N(C)C)cc3C(=O)N([C@H](C)CO)C[C@@H]2C)cc1. The summed E-state index contributed by atoms with van der Waals surface area (Å²) in [6.07, 6.45) is -0.368. The number of aliphatic hydroxyl groups excluding tert-OH is 1. The third-order valence-electron chi connectivity index (χ3n) is 6.31. The van der Waals surface area contributed by atoms with Crippen LogP contribution in [0.3, 0.4) is 0 Å². The van der Waals surface area contributed by atoms with Gasteiger partial charge >= 0.3 is 6.03 Å². The van der Waals surface area contributed by atoms with Crippen molar-refractivity contribution < 1.29 is 24.2 Å². The van der Waals surface area contributed by atoms with Gasteiger partial charge in [-0.25, -0.2) is 4.79 Å². The third-order valence-corrected chi connectivity index (χ3v) is 6.31. The molecule has 190 valence electrons. The summed E-state index contributed by atoms with van der Waals surface area (Å²) < 4.78 is 11.5. The lowest BCUT2D eigenvalue weighted by molar-refractivity contribution is 0.0371. The number of hydrogen-bond donors (Lipinski definition) is 2. The summed E-state index contributed by atoms with van der Waals surface area (Å²) in [6.45, 7) is 4.38. The lowest BCUT2D eigenvalue weighted by atomic mass is 9.99. The van der Waals surface area contributed by atoms with E-state index in [-0.39, 0.29) is 36.6 Å². The van der Waals surface area contributed by atoms with Crippen LogP contribution in [0.25, 0.3) is 0 Å². The summed E-state index contributed by atoms with van der Waals surface area (Å²) >= 11 is 0. The molecule has 0 radical (unpaired) electrons. The Kier molecular flexibility index (Phi) is 8.45. The summed E-state index contributed by atoms with van der Waals surface area (Å²) in [5.74, 6) is 0.906. The fourth-order valence-electron chi connectivity index (χ4n) is 3.95. The Labute approximate surface area is 207 Å². The highest BCUT2D eigenvalue weighted by molar-refractivity contribution is 5.98. The Hall–Kier alpha value is -3.46. The Morgan fingerprint density at radius 1 is 1.23 bits per heavy atom. The number of amides is 3. The van der Waals surface area contributed by atoms with Gasteiger partial charge in [-0.05, 0) is 49.4 Å². The standard InChI is InChI=1S/C26H36N4O5/c1-17-14-30(18(2)16-31)25(32)22-13-20(28(3)4)9-12-23(22)35-24(17)15-29(5)26(33)27-19-7-10-21(34-6)11-8-19/h7-13,17-18,24,31H,14-16H2,1-6H3,(H,27,33)/t17-,18+,24-/m0/s1. The Balaban J connectivity index is 1.83. The molecule has 2 N–H and O–H groups in total. The maximum absolute atomic E-state index is 13.4. The molecule has 9 nitrogen and oxygen atoms in total. The number of benzene rings is 2. The van der Waals surface area contributed by atoms with Crippen molar-refractivity contribution in [1.82, 2.24) is 9.80 Å². The molecule has 2 aromatic carbocycles. The van der Waals surface area contributed by atoms with Crippen LogP contribution in [-0.4, -0.2) is 86.9 Å². The average Bonchev–Trinajstić information content (AvgIpc) is 2.85. The average molecular weight is 485 g/mol. The van der Waals surface area contributed by atoms with Crippen LogP contribution in [0.2, 0.25) is 0 Å². The van der Waals surface area contributed by atoms with Crippen molar-refractivity contribution in [2.75, 3.05) is 58.2 Å². The van der Waals surface area contributed by atoms with Crippen LogP contribution in [0, 0.1) is 5.92 Å². The maximum Gasteiger partial charge on any atom is 0.321 e. The number of urea groups is 1. The summed E-state index contributed by atoms with van der Waals surface area (Å²) in [5, 5.41) is 12.7. The largest absolute Gasteiger partial charge is 0.497 e. The van der Waals surface area contributed by atoms with E-state index in [1.165, 1.54) is 0 Å². The molecule has 35 heavy (non-hydrogen) atoms. The molecular weight excluding hydrogens is 448 g/mol. The number of carbonyl (C=O) groups is 2. The lowest BCUT2D eigenvalue weighted by Crippen LogP contribution is -2.50. The smallest absolute Gasteiger partial charge is 0.321 e. The van der Waals surface area contributed by atoms with E-state index in [0.717, 1.165) is 5.69 Å². The zero-order valence-electron chi connectivity index (χ0n) is 21.3. The first-order valence-electron chi connectivity index (χ1n) is 11.7. The highest BCUT2D eigenvalue weighted by Gasteiger charge is 2.34. The number of likely N-dealkylation sites (N-methyl/N-ethyl adjacent to an activating group) is 1. The number of methoxy groups -OCH3 is 1. The first-order chi connectivity index (χ1) is 16.6. The van der Waals surface area contributed by atoms with Crippen molar-refractivity contribution in [2.45, 2.75) is 26.0 Å². The van der Waals surface area contributed by atoms with Gasteiger partial charge in [0.05, 0.1) is 31.9 Å². The van der Waals surface area contributed by atoms with E-state index in [0.29, 0.717) is 35.8 Å². The Morgan fingerprint density at radius 2 is 1.91 bits per heavy atom. The van der Waals surface area contributed by atoms with Crippen LogP contribution in [0.5, 0.6) is 11.5 Å². The van der Waals surface area contributed by atoms with E-state index in [9.17, 15) is 14.7 Å². The van der Waals surface area contributed by atoms with E-state index < -0.39 is 0 Å². The first kappa shape index (κ1) is 26.2. The van der Waals surface area contributed by atoms with Gasteiger partial charge in [0, 0.05) is 45.0 Å². The molecule has 0 aliphatic carbocycles. The highest BCUT2D eigenvalue weighted by atomic mass is 16.5. The fourth-order valence-corrected chi connectivity index (χ4v) is 3.95. The normalized spacial score (nSPS) is 18.5. The maximum atomic E-state index is 13.4. The fraction of sp³-hybridized carbons (Fsp3) is 0.462. The molecular formula is C26H36N4O5. The molecule has 3 rings (SSSR count). The number of carbonyl (C=O) groups excluding carboxylic acids is 2. The Morgan fingerprint density at radius 3 is 2.51 bits per heavy atom. The van der Waals surface area contributed by atoms with Crippen molar-refractivity contribution in [2.24, 2.45) is 5.92 Å². The van der Waals surface area contributed by atoms with Crippen molar-refractivity contribution in [3.63, 3.8) is 0 Å². The van der Waals surface area contributed by atoms with Crippen LogP contribution in [0.4, 0.5) is 16.2 Å². The van der Waals surface area contributed by atoms with Crippen LogP contribution < -0.4 is 19.7 Å². The number of ether oxygens (including phenoxy) is 2. The van der Waals surface area contributed by atoms with Gasteiger partial charge in [0.2, 0.25) is 0 Å². The topological polar surface area (TPSA) is 94.6 Å². The number of rotatable bonds is 7. The molecule has 0 saturated heterocycles. The van der Waals surface area contributed by atoms with Gasteiger partial charge in [-0.2, -0.15) is 0 Å². The van der Waals surface area contributed by atoms with E-state index in [1.54, 1.807) is 54.3 Å². The minimum atomic E-state index is -0.368. The van der Waals surface area contributed by atoms with Crippen LogP contribution in [0.1, 0.15) is 24.2 Å². The number of anilines is 2. The molecule has 0 fully saturated rings. The number of aliphatic hydroxyl groups is 1. The third kappa shape index (κ3) is 6.16. The molecule has 0 spiro atoms. The molecule has 0 bridgehead atoms. The van der Waals surface area contributed by atoms with Crippen LogP contribution >= 0.6 is 0 Å². The quantitative estimate of drug-likeness (QED) is 0.627. The monoisotopic (exact) mass is 484 g/mol. The zero-order chi connectivity index (χ0) is 25.7. The van der Waals surface area contributed by atoms with Gasteiger partial charge < -0.3 is 34.6 Å². The van der Waals surface area contributed by atoms with Gasteiger partial charge in [-0.3, -0.25) is 4.79 Å².